The molecule has 1 saturated heterocycles. The lowest BCUT2D eigenvalue weighted by molar-refractivity contribution is -0.160. The summed E-state index contributed by atoms with van der Waals surface area (Å²) in [5, 5.41) is 11.1. The van der Waals surface area contributed by atoms with E-state index in [1.165, 1.54) is 11.3 Å². The maximum Gasteiger partial charge on any atom is 0.334 e. The molecule has 3 rings (SSSR count). The fourth-order valence-electron chi connectivity index (χ4n) is 2.83. The highest BCUT2D eigenvalue weighted by atomic mass is 32.1. The number of amides is 1. The maximum atomic E-state index is 12.9. The van der Waals surface area contributed by atoms with Gasteiger partial charge in [0.05, 0.1) is 17.5 Å². The minimum Gasteiger partial charge on any atom is -0.479 e. The lowest BCUT2D eigenvalue weighted by Crippen LogP contribution is -2.51. The van der Waals surface area contributed by atoms with Crippen molar-refractivity contribution < 1.29 is 19.4 Å². The van der Waals surface area contributed by atoms with Crippen molar-refractivity contribution in [2.75, 3.05) is 13.1 Å². The Morgan fingerprint density at radius 1 is 1.21 bits per heavy atom. The minimum atomic E-state index is -1.04. The van der Waals surface area contributed by atoms with Crippen molar-refractivity contribution in [2.24, 2.45) is 0 Å². The number of benzene rings is 1. The predicted molar refractivity (Wildman–Crippen MR) is 92.4 cm³/mol. The second-order valence-electron chi connectivity index (χ2n) is 6.01. The lowest BCUT2D eigenvalue weighted by Gasteiger charge is -2.34. The molecule has 2 atom stereocenters. The molecule has 0 aliphatic carbocycles. The zero-order chi connectivity index (χ0) is 17.3. The van der Waals surface area contributed by atoms with Gasteiger partial charge in [-0.05, 0) is 30.9 Å². The van der Waals surface area contributed by atoms with E-state index in [0.717, 1.165) is 16.7 Å². The molecule has 1 aliphatic rings. The normalized spacial score (nSPS) is 20.8. The first-order valence-electron chi connectivity index (χ1n) is 7.78. The number of carboxylic acid groups (broad SMARTS) is 1. The van der Waals surface area contributed by atoms with Gasteiger partial charge in [0, 0.05) is 12.1 Å². The topological polar surface area (TPSA) is 66.8 Å². The molecule has 1 unspecified atom stereocenters. The van der Waals surface area contributed by atoms with Gasteiger partial charge in [-0.1, -0.05) is 29.8 Å². The molecule has 2 heterocycles. The highest BCUT2D eigenvalue weighted by Gasteiger charge is 2.34. The number of rotatable bonds is 3. The van der Waals surface area contributed by atoms with Gasteiger partial charge < -0.3 is 14.7 Å². The Hall–Kier alpha value is -2.18. The number of hydrogen-bond donors (Lipinski definition) is 1. The SMILES string of the molecule is Cc1ccc(-c2ccsc2C(=O)N2CC(C(=O)O)O[C@H](C)C2)cc1. The number of thiophene rings is 1. The Morgan fingerprint density at radius 2 is 1.92 bits per heavy atom. The molecule has 6 heteroatoms. The van der Waals surface area contributed by atoms with Crippen LogP contribution in [0.25, 0.3) is 11.1 Å². The van der Waals surface area contributed by atoms with Crippen molar-refractivity contribution in [3.8, 4) is 11.1 Å². The van der Waals surface area contributed by atoms with Crippen molar-refractivity contribution in [1.29, 1.82) is 0 Å². The van der Waals surface area contributed by atoms with Gasteiger partial charge in [0.25, 0.3) is 5.91 Å². The van der Waals surface area contributed by atoms with Crippen LogP contribution < -0.4 is 0 Å². The van der Waals surface area contributed by atoms with Gasteiger partial charge in [0.1, 0.15) is 0 Å². The van der Waals surface area contributed by atoms with Crippen LogP contribution in [0.2, 0.25) is 0 Å². The van der Waals surface area contributed by atoms with Crippen LogP contribution in [0.1, 0.15) is 22.2 Å². The second kappa shape index (κ2) is 6.75. The number of nitrogens with zero attached hydrogens (tertiary/aromatic N) is 1. The standard InChI is InChI=1S/C18H19NO4S/c1-11-3-5-13(6-4-11)14-7-8-24-16(14)17(20)19-9-12(2)23-15(10-19)18(21)22/h3-8,12,15H,9-10H2,1-2H3,(H,21,22)/t12-,15?/m1/s1. The molecule has 1 fully saturated rings. The first kappa shape index (κ1) is 16.7. The van der Waals surface area contributed by atoms with Crippen LogP contribution in [0.5, 0.6) is 0 Å². The molecule has 0 bridgehead atoms. The third kappa shape index (κ3) is 3.34. The van der Waals surface area contributed by atoms with Crippen LogP contribution in [0, 0.1) is 6.92 Å². The highest BCUT2D eigenvalue weighted by molar-refractivity contribution is 7.12. The van der Waals surface area contributed by atoms with Crippen molar-refractivity contribution in [2.45, 2.75) is 26.1 Å². The maximum absolute atomic E-state index is 12.9. The quantitative estimate of drug-likeness (QED) is 0.928. The summed E-state index contributed by atoms with van der Waals surface area (Å²) in [5.74, 6) is -1.17. The summed E-state index contributed by atoms with van der Waals surface area (Å²) >= 11 is 1.38. The number of carboxylic acids is 1. The number of hydrogen-bond acceptors (Lipinski definition) is 4. The average molecular weight is 345 g/mol. The molecule has 1 N–H and O–H groups in total. The first-order valence-corrected chi connectivity index (χ1v) is 8.65. The van der Waals surface area contributed by atoms with Crippen molar-refractivity contribution >= 4 is 23.2 Å². The van der Waals surface area contributed by atoms with E-state index in [9.17, 15) is 14.7 Å². The van der Waals surface area contributed by atoms with E-state index in [1.807, 2.05) is 42.6 Å². The molecule has 2 aromatic rings. The van der Waals surface area contributed by atoms with E-state index in [0.29, 0.717) is 11.4 Å². The summed E-state index contributed by atoms with van der Waals surface area (Å²) in [6, 6.07) is 9.95. The van der Waals surface area contributed by atoms with Crippen LogP contribution in [-0.2, 0) is 9.53 Å². The molecule has 126 valence electrons. The van der Waals surface area contributed by atoms with Crippen LogP contribution in [0.3, 0.4) is 0 Å². The van der Waals surface area contributed by atoms with Crippen LogP contribution in [-0.4, -0.2) is 47.2 Å². The van der Waals surface area contributed by atoms with Crippen LogP contribution in [0.15, 0.2) is 35.7 Å². The molecule has 1 amide bonds. The van der Waals surface area contributed by atoms with E-state index in [1.54, 1.807) is 11.8 Å². The molecule has 0 radical (unpaired) electrons. The third-order valence-electron chi connectivity index (χ3n) is 4.04. The Bertz CT molecular complexity index is 753. The average Bonchev–Trinajstić information content (AvgIpc) is 3.03. The summed E-state index contributed by atoms with van der Waals surface area (Å²) in [4.78, 5) is 26.4. The Morgan fingerprint density at radius 3 is 2.58 bits per heavy atom. The number of morpholine rings is 1. The Labute approximate surface area is 144 Å². The van der Waals surface area contributed by atoms with Gasteiger partial charge in [-0.3, -0.25) is 4.79 Å². The monoisotopic (exact) mass is 345 g/mol. The van der Waals surface area contributed by atoms with E-state index >= 15 is 0 Å². The number of carbonyl (C=O) groups excluding carboxylic acids is 1. The zero-order valence-corrected chi connectivity index (χ0v) is 14.4. The van der Waals surface area contributed by atoms with Crippen LogP contribution in [0.4, 0.5) is 0 Å². The fraction of sp³-hybridized carbons (Fsp3) is 0.333. The summed E-state index contributed by atoms with van der Waals surface area (Å²) in [6.45, 7) is 4.27. The molecule has 1 aromatic heterocycles. The van der Waals surface area contributed by atoms with Crippen molar-refractivity contribution in [3.05, 3.63) is 46.2 Å². The summed E-state index contributed by atoms with van der Waals surface area (Å²) in [6.07, 6.45) is -1.27. The van der Waals surface area contributed by atoms with Gasteiger partial charge >= 0.3 is 5.97 Å². The van der Waals surface area contributed by atoms with Crippen molar-refractivity contribution in [1.82, 2.24) is 4.90 Å². The Kier molecular flexibility index (Phi) is 4.69. The summed E-state index contributed by atoms with van der Waals surface area (Å²) in [7, 11) is 0. The molecule has 24 heavy (non-hydrogen) atoms. The lowest BCUT2D eigenvalue weighted by atomic mass is 10.0. The fourth-order valence-corrected chi connectivity index (χ4v) is 3.72. The first-order chi connectivity index (χ1) is 11.5. The zero-order valence-electron chi connectivity index (χ0n) is 13.6. The van der Waals surface area contributed by atoms with Crippen LogP contribution >= 0.6 is 11.3 Å². The van der Waals surface area contributed by atoms with E-state index in [4.69, 9.17) is 4.74 Å². The number of aliphatic carboxylic acids is 1. The number of aryl methyl sites for hydroxylation is 1. The summed E-state index contributed by atoms with van der Waals surface area (Å²) in [5.41, 5.74) is 3.03. The van der Waals surface area contributed by atoms with E-state index < -0.39 is 12.1 Å². The van der Waals surface area contributed by atoms with Crippen molar-refractivity contribution in [3.63, 3.8) is 0 Å². The molecule has 0 saturated carbocycles. The molecular weight excluding hydrogens is 326 g/mol. The van der Waals surface area contributed by atoms with Gasteiger partial charge in [-0.2, -0.15) is 0 Å². The minimum absolute atomic E-state index is 0.0732. The van der Waals surface area contributed by atoms with E-state index in [2.05, 4.69) is 0 Å². The smallest absolute Gasteiger partial charge is 0.334 e. The summed E-state index contributed by atoms with van der Waals surface area (Å²) < 4.78 is 5.38. The predicted octanol–water partition coefficient (Wildman–Crippen LogP) is 3.04. The molecule has 1 aliphatic heterocycles. The van der Waals surface area contributed by atoms with Gasteiger partial charge in [0.15, 0.2) is 6.10 Å². The largest absolute Gasteiger partial charge is 0.479 e. The molecule has 1 aromatic carbocycles. The molecule has 0 spiro atoms. The Balaban J connectivity index is 1.87. The molecule has 5 nitrogen and oxygen atoms in total. The van der Waals surface area contributed by atoms with Gasteiger partial charge in [0.2, 0.25) is 0 Å². The highest BCUT2D eigenvalue weighted by Crippen LogP contribution is 2.30. The third-order valence-corrected chi connectivity index (χ3v) is 4.95. The number of carbonyl (C=O) groups is 2. The molecular formula is C18H19NO4S. The van der Waals surface area contributed by atoms with E-state index in [-0.39, 0.29) is 18.6 Å². The van der Waals surface area contributed by atoms with Gasteiger partial charge in [-0.15, -0.1) is 11.3 Å². The van der Waals surface area contributed by atoms with Gasteiger partial charge in [-0.25, -0.2) is 4.79 Å². The second-order valence-corrected chi connectivity index (χ2v) is 6.93. The number of ether oxygens (including phenoxy) is 1.